The van der Waals surface area contributed by atoms with Crippen molar-refractivity contribution in [3.05, 3.63) is 54.1 Å². The number of likely N-dealkylation sites (tertiary alicyclic amines) is 1. The summed E-state index contributed by atoms with van der Waals surface area (Å²) in [5, 5.41) is 0. The Balaban J connectivity index is 1.38. The van der Waals surface area contributed by atoms with Crippen LogP contribution in [0, 0.1) is 0 Å². The van der Waals surface area contributed by atoms with Gasteiger partial charge in [0.15, 0.2) is 11.5 Å². The Morgan fingerprint density at radius 1 is 1.12 bits per heavy atom. The molecule has 4 rings (SSSR count). The highest BCUT2D eigenvalue weighted by atomic mass is 19.1. The number of halogens is 1. The molecule has 0 amide bonds. The molecule has 2 aliphatic heterocycles. The second kappa shape index (κ2) is 7.96. The van der Waals surface area contributed by atoms with Crippen molar-refractivity contribution >= 4 is 0 Å². The summed E-state index contributed by atoms with van der Waals surface area (Å²) in [5.41, 5.74) is 1.21. The van der Waals surface area contributed by atoms with E-state index in [0.29, 0.717) is 18.3 Å². The number of rotatable bonds is 5. The quantitative estimate of drug-likeness (QED) is 0.809. The number of piperidine rings is 1. The maximum Gasteiger partial charge on any atom is 0.228 e. The summed E-state index contributed by atoms with van der Waals surface area (Å²) in [7, 11) is 0. The van der Waals surface area contributed by atoms with Gasteiger partial charge in [0.2, 0.25) is 6.86 Å². The van der Waals surface area contributed by atoms with Crippen LogP contribution in [0.5, 0.6) is 17.2 Å². The molecule has 1 fully saturated rings. The minimum Gasteiger partial charge on any atom is -0.486 e. The van der Waals surface area contributed by atoms with E-state index in [4.69, 9.17) is 14.2 Å². The van der Waals surface area contributed by atoms with Crippen molar-refractivity contribution in [2.24, 2.45) is 0 Å². The highest BCUT2D eigenvalue weighted by Crippen LogP contribution is 2.32. The van der Waals surface area contributed by atoms with E-state index in [0.717, 1.165) is 44.0 Å². The Morgan fingerprint density at radius 2 is 2.00 bits per heavy atom. The van der Waals surface area contributed by atoms with Gasteiger partial charge in [0, 0.05) is 13.1 Å². The lowest BCUT2D eigenvalue weighted by atomic mass is 9.90. The zero-order valence-electron chi connectivity index (χ0n) is 14.8. The van der Waals surface area contributed by atoms with E-state index in [1.54, 1.807) is 6.07 Å². The first-order valence-corrected chi connectivity index (χ1v) is 9.21. The van der Waals surface area contributed by atoms with Gasteiger partial charge in [0.1, 0.15) is 18.5 Å². The Hall–Kier alpha value is -2.27. The minimum absolute atomic E-state index is 0.0462. The van der Waals surface area contributed by atoms with Crippen molar-refractivity contribution in [3.63, 3.8) is 0 Å². The van der Waals surface area contributed by atoms with Gasteiger partial charge in [-0.25, -0.2) is 4.39 Å². The number of alkyl halides is 1. The first-order valence-electron chi connectivity index (χ1n) is 9.21. The van der Waals surface area contributed by atoms with Crippen molar-refractivity contribution in [1.82, 2.24) is 4.90 Å². The number of hydrogen-bond donors (Lipinski definition) is 0. The molecule has 2 heterocycles. The molecule has 0 N–H and O–H groups in total. The lowest BCUT2D eigenvalue weighted by Crippen LogP contribution is -2.44. The molecule has 2 aliphatic rings. The first-order chi connectivity index (χ1) is 12.8. The number of fused-ring (bicyclic) bond motifs is 1. The fourth-order valence-electron chi connectivity index (χ4n) is 3.86. The van der Waals surface area contributed by atoms with Crippen LogP contribution in [0.3, 0.4) is 0 Å². The number of benzene rings is 2. The smallest absolute Gasteiger partial charge is 0.228 e. The van der Waals surface area contributed by atoms with E-state index >= 15 is 0 Å². The van der Waals surface area contributed by atoms with Crippen molar-refractivity contribution < 1.29 is 18.6 Å². The van der Waals surface area contributed by atoms with Gasteiger partial charge in [-0.2, -0.15) is 0 Å². The Labute approximate surface area is 153 Å². The normalized spacial score (nSPS) is 22.8. The molecular formula is C21H24FNO3. The van der Waals surface area contributed by atoms with Crippen LogP contribution in [0.25, 0.3) is 0 Å². The van der Waals surface area contributed by atoms with Gasteiger partial charge in [0.25, 0.3) is 0 Å². The molecule has 5 heteroatoms. The monoisotopic (exact) mass is 357 g/mol. The van der Waals surface area contributed by atoms with E-state index in [1.165, 1.54) is 5.56 Å². The van der Waals surface area contributed by atoms with Gasteiger partial charge in [-0.05, 0) is 55.1 Å². The summed E-state index contributed by atoms with van der Waals surface area (Å²) in [6.07, 6.45) is 2.33. The Kier molecular flexibility index (Phi) is 5.25. The van der Waals surface area contributed by atoms with E-state index in [1.807, 2.05) is 36.4 Å². The van der Waals surface area contributed by atoms with Crippen LogP contribution in [0.4, 0.5) is 4.39 Å². The second-order valence-corrected chi connectivity index (χ2v) is 6.92. The van der Waals surface area contributed by atoms with Crippen molar-refractivity contribution in [2.45, 2.75) is 24.9 Å². The molecule has 0 unspecified atom stereocenters. The summed E-state index contributed by atoms with van der Waals surface area (Å²) in [6, 6.07) is 15.6. The molecule has 0 aliphatic carbocycles. The van der Waals surface area contributed by atoms with Crippen LogP contribution in [0.2, 0.25) is 0 Å². The molecule has 0 radical (unpaired) electrons. The zero-order valence-corrected chi connectivity index (χ0v) is 14.8. The first kappa shape index (κ1) is 17.2. The highest BCUT2D eigenvalue weighted by Gasteiger charge is 2.27. The highest BCUT2D eigenvalue weighted by molar-refractivity contribution is 5.40. The van der Waals surface area contributed by atoms with E-state index < -0.39 is 6.86 Å². The number of hydrogen-bond acceptors (Lipinski definition) is 4. The lowest BCUT2D eigenvalue weighted by molar-refractivity contribution is 0.0504. The van der Waals surface area contributed by atoms with Gasteiger partial charge < -0.3 is 14.2 Å². The summed E-state index contributed by atoms with van der Waals surface area (Å²) >= 11 is 0. The number of para-hydroxylation sites is 2. The largest absolute Gasteiger partial charge is 0.486 e. The molecule has 26 heavy (non-hydrogen) atoms. The third-order valence-electron chi connectivity index (χ3n) is 5.09. The summed E-state index contributed by atoms with van der Waals surface area (Å²) < 4.78 is 29.4. The second-order valence-electron chi connectivity index (χ2n) is 6.92. The number of ether oxygens (including phenoxy) is 3. The predicted octanol–water partition coefficient (Wildman–Crippen LogP) is 4.01. The van der Waals surface area contributed by atoms with Gasteiger partial charge >= 0.3 is 0 Å². The van der Waals surface area contributed by atoms with Gasteiger partial charge in [0.05, 0.1) is 0 Å². The maximum atomic E-state index is 12.4. The number of nitrogens with zero attached hydrogens (tertiary/aromatic N) is 1. The van der Waals surface area contributed by atoms with E-state index in [2.05, 4.69) is 11.0 Å². The zero-order chi connectivity index (χ0) is 17.8. The molecule has 1 saturated heterocycles. The van der Waals surface area contributed by atoms with Gasteiger partial charge in [-0.3, -0.25) is 4.90 Å². The fraction of sp³-hybridized carbons (Fsp3) is 0.429. The van der Waals surface area contributed by atoms with E-state index in [-0.39, 0.29) is 6.10 Å². The lowest BCUT2D eigenvalue weighted by Gasteiger charge is -2.36. The average Bonchev–Trinajstić information content (AvgIpc) is 2.69. The molecule has 2 aromatic carbocycles. The van der Waals surface area contributed by atoms with Crippen LogP contribution in [0.15, 0.2) is 48.5 Å². The summed E-state index contributed by atoms with van der Waals surface area (Å²) in [6.45, 7) is 2.68. The van der Waals surface area contributed by atoms with Crippen LogP contribution in [-0.4, -0.2) is 44.1 Å². The molecule has 138 valence electrons. The van der Waals surface area contributed by atoms with Crippen LogP contribution in [0.1, 0.15) is 24.3 Å². The SMILES string of the molecule is FCOc1cccc([C@H]2CCCN(C[C@H]3COc4ccccc4O3)C2)c1. The predicted molar refractivity (Wildman–Crippen MR) is 97.8 cm³/mol. The Morgan fingerprint density at radius 3 is 2.88 bits per heavy atom. The van der Waals surface area contributed by atoms with Gasteiger partial charge in [-0.15, -0.1) is 0 Å². The summed E-state index contributed by atoms with van der Waals surface area (Å²) in [5.74, 6) is 2.68. The Bertz CT molecular complexity index is 739. The molecule has 4 nitrogen and oxygen atoms in total. The molecule has 0 bridgehead atoms. The molecule has 0 saturated carbocycles. The minimum atomic E-state index is -0.791. The standard InChI is InChI=1S/C21H24FNO3/c22-15-25-18-7-3-5-16(11-18)17-6-4-10-23(12-17)13-19-14-24-20-8-1-2-9-21(20)26-19/h1-3,5,7-9,11,17,19H,4,6,10,12-15H2/t17-,19-/m0/s1. The molecular weight excluding hydrogens is 333 g/mol. The topological polar surface area (TPSA) is 30.9 Å². The third kappa shape index (κ3) is 3.93. The fourth-order valence-corrected chi connectivity index (χ4v) is 3.86. The molecule has 0 spiro atoms. The van der Waals surface area contributed by atoms with Crippen molar-refractivity contribution in [1.29, 1.82) is 0 Å². The van der Waals surface area contributed by atoms with Crippen LogP contribution < -0.4 is 14.2 Å². The molecule has 0 aromatic heterocycles. The third-order valence-corrected chi connectivity index (χ3v) is 5.09. The van der Waals surface area contributed by atoms with Crippen molar-refractivity contribution in [2.75, 3.05) is 33.1 Å². The van der Waals surface area contributed by atoms with Gasteiger partial charge in [-0.1, -0.05) is 24.3 Å². The maximum absolute atomic E-state index is 12.4. The summed E-state index contributed by atoms with van der Waals surface area (Å²) in [4.78, 5) is 2.44. The molecule has 2 aromatic rings. The van der Waals surface area contributed by atoms with Crippen LogP contribution >= 0.6 is 0 Å². The van der Waals surface area contributed by atoms with Crippen LogP contribution in [-0.2, 0) is 0 Å². The van der Waals surface area contributed by atoms with Crippen molar-refractivity contribution in [3.8, 4) is 17.2 Å². The molecule has 2 atom stereocenters. The van der Waals surface area contributed by atoms with E-state index in [9.17, 15) is 4.39 Å². The average molecular weight is 357 g/mol.